The molecule has 1 atom stereocenters. The lowest BCUT2D eigenvalue weighted by Gasteiger charge is -2.26. The molecule has 2 N–H and O–H groups in total. The highest BCUT2D eigenvalue weighted by Crippen LogP contribution is 2.35. The van der Waals surface area contributed by atoms with Crippen LogP contribution in [0.4, 0.5) is 19.0 Å². The molecule has 0 bridgehead atoms. The highest BCUT2D eigenvalue weighted by molar-refractivity contribution is 6.39. The molecule has 3 rings (SSSR count). The number of nitrogens with zero attached hydrogens (tertiary/aromatic N) is 2. The molecule has 2 amide bonds. The van der Waals surface area contributed by atoms with Gasteiger partial charge in [-0.25, -0.2) is 4.98 Å². The summed E-state index contributed by atoms with van der Waals surface area (Å²) in [6, 6.07) is 4.49. The van der Waals surface area contributed by atoms with Crippen molar-refractivity contribution in [3.05, 3.63) is 56.7 Å². The zero-order chi connectivity index (χ0) is 22.1. The van der Waals surface area contributed by atoms with Crippen LogP contribution < -0.4 is 15.8 Å². The van der Waals surface area contributed by atoms with Gasteiger partial charge in [0.2, 0.25) is 0 Å². The molecule has 1 saturated heterocycles. The number of halogens is 6. The van der Waals surface area contributed by atoms with Gasteiger partial charge in [-0.3, -0.25) is 20.4 Å². The first-order valence-corrected chi connectivity index (χ1v) is 9.76. The quantitative estimate of drug-likeness (QED) is 0.634. The van der Waals surface area contributed by atoms with E-state index in [0.717, 1.165) is 6.07 Å². The Morgan fingerprint density at radius 2 is 1.77 bits per heavy atom. The fraction of sp³-hybridized carbons (Fsp3) is 0.278. The monoisotopic (exact) mass is 480 g/mol. The summed E-state index contributed by atoms with van der Waals surface area (Å²) in [6.07, 6.45) is -2.94. The predicted octanol–water partition coefficient (Wildman–Crippen LogP) is 4.49. The molecule has 1 aliphatic rings. The van der Waals surface area contributed by atoms with Gasteiger partial charge in [0.25, 0.3) is 11.8 Å². The van der Waals surface area contributed by atoms with Crippen LogP contribution in [0.3, 0.4) is 0 Å². The molecule has 0 saturated carbocycles. The first-order valence-electron chi connectivity index (χ1n) is 8.63. The lowest BCUT2D eigenvalue weighted by Crippen LogP contribution is -2.50. The van der Waals surface area contributed by atoms with Crippen LogP contribution >= 0.6 is 34.8 Å². The summed E-state index contributed by atoms with van der Waals surface area (Å²) in [6.45, 7) is 0.362. The maximum absolute atomic E-state index is 12.8. The van der Waals surface area contributed by atoms with E-state index in [1.807, 2.05) is 0 Å². The number of hydrogen-bond acceptors (Lipinski definition) is 4. The number of carbonyl (C=O) groups is 2. The molecule has 1 aromatic carbocycles. The number of carbonyl (C=O) groups excluding carboxylic acids is 2. The molecule has 1 fully saturated rings. The van der Waals surface area contributed by atoms with Crippen molar-refractivity contribution in [1.82, 2.24) is 15.8 Å². The molecule has 0 aliphatic carbocycles. The van der Waals surface area contributed by atoms with Crippen molar-refractivity contribution < 1.29 is 22.8 Å². The van der Waals surface area contributed by atoms with Crippen LogP contribution in [0.2, 0.25) is 15.1 Å². The summed E-state index contributed by atoms with van der Waals surface area (Å²) in [5.41, 5.74) is 3.53. The predicted molar refractivity (Wildman–Crippen MR) is 107 cm³/mol. The number of alkyl halides is 3. The number of anilines is 1. The number of pyridine rings is 1. The maximum Gasteiger partial charge on any atom is 0.417 e. The minimum absolute atomic E-state index is 0.00291. The van der Waals surface area contributed by atoms with Crippen molar-refractivity contribution in [3.63, 3.8) is 0 Å². The second kappa shape index (κ2) is 8.87. The minimum Gasteiger partial charge on any atom is -0.343 e. The summed E-state index contributed by atoms with van der Waals surface area (Å²) in [5.74, 6) is -1.24. The van der Waals surface area contributed by atoms with Crippen LogP contribution in [-0.4, -0.2) is 29.4 Å². The van der Waals surface area contributed by atoms with E-state index in [1.54, 1.807) is 6.07 Å². The fourth-order valence-corrected chi connectivity index (χ4v) is 3.91. The Hall–Kier alpha value is -2.23. The second-order valence-corrected chi connectivity index (χ2v) is 7.64. The van der Waals surface area contributed by atoms with Crippen LogP contribution in [-0.2, 0) is 11.0 Å². The normalized spacial score (nSPS) is 16.5. The number of amides is 2. The summed E-state index contributed by atoms with van der Waals surface area (Å²) in [7, 11) is 0. The molecule has 2 aromatic rings. The van der Waals surface area contributed by atoms with Crippen molar-refractivity contribution in [3.8, 4) is 0 Å². The van der Waals surface area contributed by atoms with E-state index in [1.165, 1.54) is 17.0 Å². The van der Waals surface area contributed by atoms with Gasteiger partial charge in [0.05, 0.1) is 26.2 Å². The Balaban J connectivity index is 1.71. The Kier molecular flexibility index (Phi) is 6.64. The molecule has 160 valence electrons. The summed E-state index contributed by atoms with van der Waals surface area (Å²) >= 11 is 17.9. The van der Waals surface area contributed by atoms with Gasteiger partial charge < -0.3 is 4.90 Å². The Morgan fingerprint density at radius 1 is 1.10 bits per heavy atom. The van der Waals surface area contributed by atoms with Crippen molar-refractivity contribution in [2.24, 2.45) is 0 Å². The van der Waals surface area contributed by atoms with Gasteiger partial charge in [-0.15, -0.1) is 0 Å². The van der Waals surface area contributed by atoms with E-state index in [-0.39, 0.29) is 26.4 Å². The zero-order valence-electron chi connectivity index (χ0n) is 15.1. The first-order chi connectivity index (χ1) is 14.1. The maximum atomic E-state index is 12.8. The Bertz CT molecular complexity index is 967. The second-order valence-electron chi connectivity index (χ2n) is 6.42. The fourth-order valence-electron chi connectivity index (χ4n) is 3.07. The van der Waals surface area contributed by atoms with Crippen LogP contribution in [0.5, 0.6) is 0 Å². The zero-order valence-corrected chi connectivity index (χ0v) is 17.3. The SMILES string of the molecule is O=C(NNC(=O)C1CCCN1c1ncc(C(F)(F)F)cc1Cl)c1c(Cl)cccc1Cl. The van der Waals surface area contributed by atoms with Crippen molar-refractivity contribution >= 4 is 52.4 Å². The third-order valence-corrected chi connectivity index (χ3v) is 5.37. The third kappa shape index (κ3) is 4.74. The molecule has 1 aromatic heterocycles. The summed E-state index contributed by atoms with van der Waals surface area (Å²) < 4.78 is 38.5. The molecular weight excluding hydrogens is 468 g/mol. The summed E-state index contributed by atoms with van der Waals surface area (Å²) in [5, 5.41) is -0.00799. The van der Waals surface area contributed by atoms with Gasteiger partial charge in [-0.1, -0.05) is 40.9 Å². The van der Waals surface area contributed by atoms with E-state index >= 15 is 0 Å². The molecule has 0 radical (unpaired) electrons. The van der Waals surface area contributed by atoms with Crippen molar-refractivity contribution in [1.29, 1.82) is 0 Å². The average Bonchev–Trinajstić information content (AvgIpc) is 3.14. The number of benzene rings is 1. The molecule has 0 spiro atoms. The van der Waals surface area contributed by atoms with Crippen LogP contribution in [0.15, 0.2) is 30.5 Å². The smallest absolute Gasteiger partial charge is 0.343 e. The van der Waals surface area contributed by atoms with E-state index in [2.05, 4.69) is 15.8 Å². The minimum atomic E-state index is -4.58. The van der Waals surface area contributed by atoms with E-state index in [9.17, 15) is 22.8 Å². The molecule has 30 heavy (non-hydrogen) atoms. The third-order valence-electron chi connectivity index (χ3n) is 4.47. The lowest BCUT2D eigenvalue weighted by molar-refractivity contribution is -0.137. The van der Waals surface area contributed by atoms with Gasteiger partial charge in [-0.2, -0.15) is 13.2 Å². The Morgan fingerprint density at radius 3 is 2.37 bits per heavy atom. The molecule has 6 nitrogen and oxygen atoms in total. The number of aromatic nitrogens is 1. The van der Waals surface area contributed by atoms with Crippen molar-refractivity contribution in [2.75, 3.05) is 11.4 Å². The van der Waals surface area contributed by atoms with Gasteiger partial charge in [0.1, 0.15) is 11.9 Å². The molecular formula is C18H14Cl3F3N4O2. The van der Waals surface area contributed by atoms with Gasteiger partial charge in [0.15, 0.2) is 0 Å². The van der Waals surface area contributed by atoms with Crippen LogP contribution in [0, 0.1) is 0 Å². The largest absolute Gasteiger partial charge is 0.417 e. The van der Waals surface area contributed by atoms with Crippen LogP contribution in [0.1, 0.15) is 28.8 Å². The van der Waals surface area contributed by atoms with E-state index < -0.39 is 29.6 Å². The van der Waals surface area contributed by atoms with E-state index in [4.69, 9.17) is 34.8 Å². The van der Waals surface area contributed by atoms with Crippen molar-refractivity contribution in [2.45, 2.75) is 25.1 Å². The average molecular weight is 482 g/mol. The number of hydrogen-bond donors (Lipinski definition) is 2. The van der Waals surface area contributed by atoms with Gasteiger partial charge >= 0.3 is 6.18 Å². The number of nitrogens with one attached hydrogen (secondary N) is 2. The van der Waals surface area contributed by atoms with E-state index in [0.29, 0.717) is 25.6 Å². The molecule has 2 heterocycles. The molecule has 1 unspecified atom stereocenters. The van der Waals surface area contributed by atoms with Gasteiger partial charge in [-0.05, 0) is 31.0 Å². The topological polar surface area (TPSA) is 74.3 Å². The highest BCUT2D eigenvalue weighted by atomic mass is 35.5. The number of hydrazine groups is 1. The summed E-state index contributed by atoms with van der Waals surface area (Å²) in [4.78, 5) is 30.2. The standard InChI is InChI=1S/C18H14Cl3F3N4O2/c19-10-3-1-4-11(20)14(10)17(30)27-26-16(29)13-5-2-6-28(13)15-12(21)7-9(8-25-15)18(22,23)24/h1,3-4,7-8,13H,2,5-6H2,(H,26,29)(H,27,30). The lowest BCUT2D eigenvalue weighted by atomic mass is 10.2. The van der Waals surface area contributed by atoms with Crippen LogP contribution in [0.25, 0.3) is 0 Å². The number of rotatable bonds is 3. The molecule has 1 aliphatic heterocycles. The Labute approximate surface area is 184 Å². The first kappa shape index (κ1) is 22.5. The van der Waals surface area contributed by atoms with Gasteiger partial charge in [0, 0.05) is 12.7 Å². The molecule has 12 heteroatoms. The highest BCUT2D eigenvalue weighted by Gasteiger charge is 2.36.